The SMILES string of the molecule is CC(C)(C)C1=S=NSC1=Nc1nsnc1C(C)(C)C. The second-order valence-electron chi connectivity index (χ2n) is 6.44. The van der Waals surface area contributed by atoms with Crippen molar-refractivity contribution in [2.75, 3.05) is 0 Å². The highest BCUT2D eigenvalue weighted by Gasteiger charge is 2.28. The zero-order valence-corrected chi connectivity index (χ0v) is 14.5. The van der Waals surface area contributed by atoms with Crippen LogP contribution in [0.2, 0.25) is 0 Å². The van der Waals surface area contributed by atoms with Gasteiger partial charge in [-0.05, 0) is 11.1 Å². The number of hydrogen-bond donors (Lipinski definition) is 0. The van der Waals surface area contributed by atoms with Crippen molar-refractivity contribution in [3.05, 3.63) is 5.69 Å². The molecular weight excluding hydrogens is 296 g/mol. The second-order valence-corrected chi connectivity index (χ2v) is 8.72. The standard InChI is InChI=1S/C12H18N4S3/c1-11(2,3)7-9(15-19-14-7)13-10-8(12(4,5)6)17-16-18-10/h1-6H3. The predicted molar refractivity (Wildman–Crippen MR) is 87.6 cm³/mol. The molecule has 0 aromatic carbocycles. The Morgan fingerprint density at radius 2 is 1.63 bits per heavy atom. The Morgan fingerprint density at radius 3 is 2.21 bits per heavy atom. The third kappa shape index (κ3) is 3.32. The quantitative estimate of drug-likeness (QED) is 0.581. The molecule has 0 unspecified atom stereocenters. The van der Waals surface area contributed by atoms with Crippen molar-refractivity contribution >= 4 is 50.5 Å². The maximum atomic E-state index is 4.70. The van der Waals surface area contributed by atoms with E-state index in [9.17, 15) is 0 Å². The molecule has 0 N–H and O–H groups in total. The molecule has 0 fully saturated rings. The van der Waals surface area contributed by atoms with Gasteiger partial charge in [0.05, 0.1) is 16.6 Å². The smallest absolute Gasteiger partial charge is 0.190 e. The maximum Gasteiger partial charge on any atom is 0.190 e. The maximum absolute atomic E-state index is 4.70. The zero-order chi connectivity index (χ0) is 14.3. The third-order valence-corrected chi connectivity index (χ3v) is 5.22. The molecule has 104 valence electrons. The summed E-state index contributed by atoms with van der Waals surface area (Å²) in [5, 5.41) is 0.954. The summed E-state index contributed by atoms with van der Waals surface area (Å²) in [6.45, 7) is 12.9. The number of nitrogens with zero attached hydrogens (tertiary/aromatic N) is 4. The minimum absolute atomic E-state index is 0.0398. The molecule has 0 spiro atoms. The van der Waals surface area contributed by atoms with Crippen LogP contribution < -0.4 is 0 Å². The van der Waals surface area contributed by atoms with Crippen LogP contribution in [0.4, 0.5) is 5.82 Å². The summed E-state index contributed by atoms with van der Waals surface area (Å²) >= 11 is 4.18. The molecule has 2 rings (SSSR count). The van der Waals surface area contributed by atoms with E-state index >= 15 is 0 Å². The lowest BCUT2D eigenvalue weighted by molar-refractivity contribution is 0.576. The van der Waals surface area contributed by atoms with E-state index in [-0.39, 0.29) is 10.8 Å². The monoisotopic (exact) mass is 314 g/mol. The highest BCUT2D eigenvalue weighted by molar-refractivity contribution is 8.20. The minimum Gasteiger partial charge on any atom is -0.216 e. The molecule has 0 aliphatic carbocycles. The lowest BCUT2D eigenvalue weighted by Crippen LogP contribution is -2.25. The Morgan fingerprint density at radius 1 is 0.947 bits per heavy atom. The van der Waals surface area contributed by atoms with E-state index in [4.69, 9.17) is 4.99 Å². The third-order valence-electron chi connectivity index (χ3n) is 2.52. The Labute approximate surface area is 126 Å². The van der Waals surface area contributed by atoms with Gasteiger partial charge in [0.1, 0.15) is 10.7 Å². The molecule has 0 saturated heterocycles. The van der Waals surface area contributed by atoms with Crippen molar-refractivity contribution in [2.24, 2.45) is 14.2 Å². The molecule has 0 bridgehead atoms. The van der Waals surface area contributed by atoms with Crippen molar-refractivity contribution in [1.29, 1.82) is 0 Å². The van der Waals surface area contributed by atoms with Crippen molar-refractivity contribution in [3.8, 4) is 0 Å². The van der Waals surface area contributed by atoms with Gasteiger partial charge >= 0.3 is 0 Å². The molecular formula is C12H18N4S3. The Kier molecular flexibility index (Phi) is 3.99. The average molecular weight is 315 g/mol. The molecule has 0 atom stereocenters. The molecule has 0 amide bonds. The van der Waals surface area contributed by atoms with Gasteiger partial charge < -0.3 is 0 Å². The number of aliphatic imine (C=N–C) groups is 1. The van der Waals surface area contributed by atoms with Gasteiger partial charge in [-0.15, -0.1) is 0 Å². The molecule has 0 radical (unpaired) electrons. The largest absolute Gasteiger partial charge is 0.216 e. The first-order chi connectivity index (χ1) is 8.69. The zero-order valence-electron chi connectivity index (χ0n) is 12.0. The Balaban J connectivity index is 2.40. The molecule has 1 aliphatic rings. The van der Waals surface area contributed by atoms with Gasteiger partial charge in [-0.25, -0.2) is 4.99 Å². The van der Waals surface area contributed by atoms with Crippen LogP contribution in [-0.2, 0) is 16.6 Å². The van der Waals surface area contributed by atoms with E-state index in [1.807, 2.05) is 0 Å². The van der Waals surface area contributed by atoms with Gasteiger partial charge in [0.25, 0.3) is 0 Å². The van der Waals surface area contributed by atoms with E-state index in [2.05, 4.69) is 54.1 Å². The highest BCUT2D eigenvalue weighted by atomic mass is 32.2. The van der Waals surface area contributed by atoms with E-state index in [0.29, 0.717) is 0 Å². The van der Waals surface area contributed by atoms with Crippen LogP contribution in [0.1, 0.15) is 47.2 Å². The van der Waals surface area contributed by atoms with E-state index in [0.717, 1.165) is 16.6 Å². The molecule has 2 heterocycles. The Bertz CT molecular complexity index is 581. The van der Waals surface area contributed by atoms with Crippen molar-refractivity contribution in [3.63, 3.8) is 0 Å². The van der Waals surface area contributed by atoms with Crippen LogP contribution in [-0.4, -0.2) is 18.7 Å². The molecule has 4 nitrogen and oxygen atoms in total. The van der Waals surface area contributed by atoms with Crippen molar-refractivity contribution in [1.82, 2.24) is 8.75 Å². The normalized spacial score (nSPS) is 18.6. The van der Waals surface area contributed by atoms with Crippen LogP contribution >= 0.6 is 23.7 Å². The molecule has 19 heavy (non-hydrogen) atoms. The number of aromatic nitrogens is 2. The summed E-state index contributed by atoms with van der Waals surface area (Å²) in [5.41, 5.74) is 0.972. The first-order valence-corrected chi connectivity index (χ1v) is 8.31. The highest BCUT2D eigenvalue weighted by Crippen LogP contribution is 2.32. The fourth-order valence-electron chi connectivity index (χ4n) is 1.53. The van der Waals surface area contributed by atoms with Crippen LogP contribution in [0.3, 0.4) is 0 Å². The first-order valence-electron chi connectivity index (χ1n) is 6.03. The van der Waals surface area contributed by atoms with Gasteiger partial charge in [-0.3, -0.25) is 0 Å². The van der Waals surface area contributed by atoms with E-state index in [1.54, 1.807) is 0 Å². The predicted octanol–water partition coefficient (Wildman–Crippen LogP) is 4.01. The van der Waals surface area contributed by atoms with Gasteiger partial charge in [-0.1, -0.05) is 41.5 Å². The van der Waals surface area contributed by atoms with Crippen LogP contribution in [0.25, 0.3) is 0 Å². The van der Waals surface area contributed by atoms with Gasteiger partial charge in [0.15, 0.2) is 5.82 Å². The summed E-state index contributed by atoms with van der Waals surface area (Å²) in [6, 6.07) is 0. The van der Waals surface area contributed by atoms with E-state index < -0.39 is 0 Å². The molecule has 7 heteroatoms. The van der Waals surface area contributed by atoms with Gasteiger partial charge in [0.2, 0.25) is 0 Å². The van der Waals surface area contributed by atoms with Gasteiger partial charge in [-0.2, -0.15) is 12.5 Å². The van der Waals surface area contributed by atoms with Crippen molar-refractivity contribution < 1.29 is 0 Å². The van der Waals surface area contributed by atoms with E-state index in [1.165, 1.54) is 39.7 Å². The first kappa shape index (κ1) is 14.9. The number of hydrogen-bond acceptors (Lipinski definition) is 6. The average Bonchev–Trinajstić information content (AvgIpc) is 2.83. The van der Waals surface area contributed by atoms with Gasteiger partial charge in [0, 0.05) is 22.8 Å². The Hall–Kier alpha value is -0.530. The number of rotatable bonds is 1. The lowest BCUT2D eigenvalue weighted by atomic mass is 9.92. The minimum atomic E-state index is -0.0398. The second kappa shape index (κ2) is 5.10. The fourth-order valence-corrected chi connectivity index (χ4v) is 4.08. The summed E-state index contributed by atoms with van der Waals surface area (Å²) in [7, 11) is 0. The lowest BCUT2D eigenvalue weighted by Gasteiger charge is -2.18. The fraction of sp³-hybridized carbons (Fsp3) is 0.667. The summed E-state index contributed by atoms with van der Waals surface area (Å²) in [5.74, 6) is 0.736. The molecule has 1 aliphatic heterocycles. The summed E-state index contributed by atoms with van der Waals surface area (Å²) in [6.07, 6.45) is 0. The van der Waals surface area contributed by atoms with Crippen LogP contribution in [0.15, 0.2) is 8.76 Å². The van der Waals surface area contributed by atoms with Crippen LogP contribution in [0, 0.1) is 5.41 Å². The molecule has 0 saturated carbocycles. The molecule has 1 aromatic heterocycles. The molecule has 1 aromatic rings. The summed E-state index contributed by atoms with van der Waals surface area (Å²) < 4.78 is 13.0. The van der Waals surface area contributed by atoms with Crippen molar-refractivity contribution in [2.45, 2.75) is 47.0 Å². The van der Waals surface area contributed by atoms with Crippen LogP contribution in [0.5, 0.6) is 0 Å². The topological polar surface area (TPSA) is 50.5 Å². The summed E-state index contributed by atoms with van der Waals surface area (Å²) in [4.78, 5) is 5.90.